The van der Waals surface area contributed by atoms with Gasteiger partial charge in [0, 0.05) is 17.2 Å². The first-order valence-corrected chi connectivity index (χ1v) is 10.9. The van der Waals surface area contributed by atoms with Gasteiger partial charge in [0.25, 0.3) is 5.91 Å². The number of hydrogen-bond donors (Lipinski definition) is 3. The van der Waals surface area contributed by atoms with E-state index in [1.807, 2.05) is 0 Å². The molecule has 0 aliphatic heterocycles. The Kier molecular flexibility index (Phi) is 7.39. The Morgan fingerprint density at radius 1 is 1.38 bits per heavy atom. The van der Waals surface area contributed by atoms with Crippen molar-refractivity contribution in [2.75, 3.05) is 10.3 Å². The van der Waals surface area contributed by atoms with E-state index in [-0.39, 0.29) is 17.0 Å². The van der Waals surface area contributed by atoms with Gasteiger partial charge in [0.05, 0.1) is 11.3 Å². The lowest BCUT2D eigenvalue weighted by Gasteiger charge is -2.21. The van der Waals surface area contributed by atoms with Gasteiger partial charge in [-0.1, -0.05) is 43.0 Å². The predicted octanol–water partition coefficient (Wildman–Crippen LogP) is 6.51. The highest BCUT2D eigenvalue weighted by Crippen LogP contribution is 2.39. The lowest BCUT2D eigenvalue weighted by Crippen LogP contribution is -2.24. The zero-order valence-corrected chi connectivity index (χ0v) is 18.2. The van der Waals surface area contributed by atoms with Crippen molar-refractivity contribution in [1.29, 1.82) is 10.9 Å². The second kappa shape index (κ2) is 10.0. The molecule has 0 unspecified atom stereocenters. The molecule has 0 saturated heterocycles. The summed E-state index contributed by atoms with van der Waals surface area (Å²) in [6.07, 6.45) is 3.33. The Hall–Kier alpha value is -3.08. The standard InChI is InChI=1S/C21H23F3N6OS/c1-13(25)30(29-26)18-9-7-15(12-17(18)21(22,23)24)16(8-6-14-4-2-3-5-14)19(31)28-20-27-10-11-32-20/h7-12,14,25-26H,2-6H2,1H3,(H,27,28,31)/b16-8+,25-13?,29-26?. The van der Waals surface area contributed by atoms with Crippen LogP contribution in [0.4, 0.5) is 24.0 Å². The summed E-state index contributed by atoms with van der Waals surface area (Å²) in [5, 5.41) is 15.9. The number of aromatic nitrogens is 1. The minimum atomic E-state index is -4.77. The molecule has 1 aliphatic rings. The Balaban J connectivity index is 2.04. The molecule has 3 N–H and O–H groups in total. The molecule has 0 spiro atoms. The number of carbonyl (C=O) groups is 1. The largest absolute Gasteiger partial charge is 0.418 e. The number of amidine groups is 1. The first-order valence-electron chi connectivity index (χ1n) is 10.1. The summed E-state index contributed by atoms with van der Waals surface area (Å²) in [6.45, 7) is 1.24. The van der Waals surface area contributed by atoms with Crippen LogP contribution in [-0.2, 0) is 11.0 Å². The minimum absolute atomic E-state index is 0.0979. The maximum absolute atomic E-state index is 13.9. The highest BCUT2D eigenvalue weighted by Gasteiger charge is 2.36. The van der Waals surface area contributed by atoms with Gasteiger partial charge in [-0.25, -0.2) is 9.99 Å². The number of allylic oxidation sites excluding steroid dienone is 1. The predicted molar refractivity (Wildman–Crippen MR) is 118 cm³/mol. The summed E-state index contributed by atoms with van der Waals surface area (Å²) in [7, 11) is 0. The van der Waals surface area contributed by atoms with Gasteiger partial charge in [-0.15, -0.1) is 11.3 Å². The third-order valence-electron chi connectivity index (χ3n) is 5.29. The Bertz CT molecular complexity index is 1010. The number of hydrogen-bond acceptors (Lipinski definition) is 6. The molecule has 32 heavy (non-hydrogen) atoms. The maximum atomic E-state index is 13.9. The number of amides is 1. The van der Waals surface area contributed by atoms with E-state index in [0.29, 0.717) is 22.5 Å². The Morgan fingerprint density at radius 2 is 2.09 bits per heavy atom. The van der Waals surface area contributed by atoms with Gasteiger partial charge < -0.3 is 0 Å². The highest BCUT2D eigenvalue weighted by molar-refractivity contribution is 7.13. The van der Waals surface area contributed by atoms with E-state index in [0.717, 1.165) is 37.8 Å². The van der Waals surface area contributed by atoms with Crippen molar-refractivity contribution in [3.05, 3.63) is 47.0 Å². The normalized spacial score (nSPS) is 14.9. The number of nitrogens with zero attached hydrogens (tertiary/aromatic N) is 3. The monoisotopic (exact) mass is 464 g/mol. The second-order valence-corrected chi connectivity index (χ2v) is 8.42. The van der Waals surface area contributed by atoms with Crippen LogP contribution in [0.1, 0.15) is 50.2 Å². The summed E-state index contributed by atoms with van der Waals surface area (Å²) in [5.41, 5.74) is 5.87. The minimum Gasteiger partial charge on any atom is -0.298 e. The molecule has 0 atom stereocenters. The molecule has 0 bridgehead atoms. The molecule has 170 valence electrons. The lowest BCUT2D eigenvalue weighted by molar-refractivity contribution is -0.137. The van der Waals surface area contributed by atoms with Crippen LogP contribution in [-0.4, -0.2) is 16.7 Å². The van der Waals surface area contributed by atoms with E-state index in [2.05, 4.69) is 15.5 Å². The van der Waals surface area contributed by atoms with Crippen molar-refractivity contribution >= 4 is 39.5 Å². The van der Waals surface area contributed by atoms with Gasteiger partial charge in [-0.05, 0) is 37.0 Å². The lowest BCUT2D eigenvalue weighted by atomic mass is 9.96. The second-order valence-electron chi connectivity index (χ2n) is 7.52. The van der Waals surface area contributed by atoms with Crippen molar-refractivity contribution in [3.63, 3.8) is 0 Å². The molecule has 1 fully saturated rings. The van der Waals surface area contributed by atoms with E-state index in [1.165, 1.54) is 30.5 Å². The Morgan fingerprint density at radius 3 is 2.66 bits per heavy atom. The first kappa shape index (κ1) is 23.6. The smallest absolute Gasteiger partial charge is 0.298 e. The number of carbonyl (C=O) groups excluding carboxylic acids is 1. The summed E-state index contributed by atoms with van der Waals surface area (Å²) >= 11 is 1.21. The molecule has 3 rings (SSSR count). The zero-order valence-electron chi connectivity index (χ0n) is 17.4. The van der Waals surface area contributed by atoms with Crippen LogP contribution in [0, 0.1) is 16.9 Å². The van der Waals surface area contributed by atoms with Crippen LogP contribution in [0.3, 0.4) is 0 Å². The quantitative estimate of drug-likeness (QED) is 0.143. The molecule has 1 heterocycles. The molecular weight excluding hydrogens is 441 g/mol. The zero-order chi connectivity index (χ0) is 23.3. The van der Waals surface area contributed by atoms with Crippen LogP contribution in [0.5, 0.6) is 0 Å². The van der Waals surface area contributed by atoms with Crippen molar-refractivity contribution in [3.8, 4) is 0 Å². The SMILES string of the molecule is CC(=N)N(N=N)c1ccc(/C(=C\CC2CCCC2)C(=O)Nc2nccs2)cc1C(F)(F)F. The fourth-order valence-corrected chi connectivity index (χ4v) is 4.27. The third-order valence-corrected chi connectivity index (χ3v) is 5.97. The van der Waals surface area contributed by atoms with Crippen LogP contribution in [0.2, 0.25) is 0 Å². The summed E-state index contributed by atoms with van der Waals surface area (Å²) in [4.78, 5) is 17.0. The molecule has 1 saturated carbocycles. The third kappa shape index (κ3) is 5.58. The fraction of sp³-hybridized carbons (Fsp3) is 0.381. The van der Waals surface area contributed by atoms with Crippen LogP contribution >= 0.6 is 11.3 Å². The molecule has 2 aromatic rings. The molecule has 0 radical (unpaired) electrons. The van der Waals surface area contributed by atoms with Gasteiger partial charge in [0.15, 0.2) is 5.13 Å². The van der Waals surface area contributed by atoms with Gasteiger partial charge in [-0.2, -0.15) is 18.7 Å². The molecule has 1 amide bonds. The summed E-state index contributed by atoms with van der Waals surface area (Å²) < 4.78 is 41.6. The Labute approximate surface area is 187 Å². The van der Waals surface area contributed by atoms with Gasteiger partial charge in [0.1, 0.15) is 5.84 Å². The van der Waals surface area contributed by atoms with E-state index in [1.54, 1.807) is 11.5 Å². The molecular formula is C21H23F3N6OS. The van der Waals surface area contributed by atoms with Gasteiger partial charge in [0.2, 0.25) is 0 Å². The number of benzene rings is 1. The van der Waals surface area contributed by atoms with Crippen LogP contribution in [0.25, 0.3) is 5.57 Å². The molecule has 1 aromatic heterocycles. The highest BCUT2D eigenvalue weighted by atomic mass is 32.1. The van der Waals surface area contributed by atoms with E-state index < -0.39 is 23.3 Å². The van der Waals surface area contributed by atoms with Crippen molar-refractivity contribution in [2.45, 2.75) is 45.2 Å². The molecule has 1 aromatic carbocycles. The average molecular weight is 465 g/mol. The number of nitrogens with one attached hydrogen (secondary N) is 3. The molecule has 11 heteroatoms. The van der Waals surface area contributed by atoms with Crippen LogP contribution in [0.15, 0.2) is 41.1 Å². The van der Waals surface area contributed by atoms with Crippen molar-refractivity contribution in [2.24, 2.45) is 11.1 Å². The van der Waals surface area contributed by atoms with E-state index >= 15 is 0 Å². The van der Waals surface area contributed by atoms with Crippen molar-refractivity contribution < 1.29 is 18.0 Å². The van der Waals surface area contributed by atoms with E-state index in [4.69, 9.17) is 10.9 Å². The number of rotatable bonds is 7. The topological polar surface area (TPSA) is 105 Å². The number of alkyl halides is 3. The number of thiazole rings is 1. The van der Waals surface area contributed by atoms with Gasteiger partial charge in [-0.3, -0.25) is 15.5 Å². The van der Waals surface area contributed by atoms with Crippen molar-refractivity contribution in [1.82, 2.24) is 4.98 Å². The average Bonchev–Trinajstić information content (AvgIpc) is 3.42. The number of anilines is 2. The fourth-order valence-electron chi connectivity index (χ4n) is 3.75. The summed E-state index contributed by atoms with van der Waals surface area (Å²) in [6, 6.07) is 3.39. The van der Waals surface area contributed by atoms with Crippen LogP contribution < -0.4 is 10.3 Å². The summed E-state index contributed by atoms with van der Waals surface area (Å²) in [5.74, 6) is -0.474. The van der Waals surface area contributed by atoms with Gasteiger partial charge >= 0.3 is 6.18 Å². The number of halogens is 3. The molecule has 1 aliphatic carbocycles. The molecule has 7 nitrogen and oxygen atoms in total. The maximum Gasteiger partial charge on any atom is 0.418 e. The first-order chi connectivity index (χ1) is 15.2. The van der Waals surface area contributed by atoms with E-state index in [9.17, 15) is 18.0 Å².